The van der Waals surface area contributed by atoms with Crippen molar-refractivity contribution in [1.29, 1.82) is 0 Å². The first-order chi connectivity index (χ1) is 17.5. The van der Waals surface area contributed by atoms with Crippen LogP contribution in [-0.4, -0.2) is 47.9 Å². The Morgan fingerprint density at radius 2 is 1.83 bits per heavy atom. The predicted molar refractivity (Wildman–Crippen MR) is 143 cm³/mol. The van der Waals surface area contributed by atoms with Crippen LogP contribution in [0.5, 0.6) is 5.75 Å². The number of piperidine rings is 1. The van der Waals surface area contributed by atoms with Gasteiger partial charge in [-0.15, -0.1) is 0 Å². The van der Waals surface area contributed by atoms with Crippen LogP contribution in [0.3, 0.4) is 0 Å². The molecule has 3 aromatic rings. The minimum absolute atomic E-state index is 0.000864. The summed E-state index contributed by atoms with van der Waals surface area (Å²) in [4.78, 5) is 31.6. The maximum absolute atomic E-state index is 13.2. The number of para-hydroxylation sites is 1. The van der Waals surface area contributed by atoms with Crippen LogP contribution in [-0.2, 0) is 11.2 Å². The molecule has 0 radical (unpaired) electrons. The van der Waals surface area contributed by atoms with Gasteiger partial charge in [-0.05, 0) is 60.9 Å². The summed E-state index contributed by atoms with van der Waals surface area (Å²) in [6, 6.07) is 13.3. The van der Waals surface area contributed by atoms with Gasteiger partial charge in [0.05, 0.1) is 18.6 Å². The number of hydrogen-bond donors (Lipinski definition) is 2. The molecule has 190 valence electrons. The van der Waals surface area contributed by atoms with Gasteiger partial charge in [-0.2, -0.15) is 0 Å². The van der Waals surface area contributed by atoms with Gasteiger partial charge in [-0.25, -0.2) is 0 Å². The molecular weight excluding hydrogens is 474 g/mol. The number of benzene rings is 2. The van der Waals surface area contributed by atoms with Gasteiger partial charge < -0.3 is 19.9 Å². The number of ether oxygens (including phenoxy) is 1. The standard InChI is InChI=1S/C29H34ClN3O3/c30-22-9-10-26-24(18-22)28(35)32-20-29(11-5-1-2-6-16-36-26)12-14-33(15-13-29)27(34)17-21-19-31-25-8-4-3-7-23(21)25/h3-4,7-10,18-19,31H,1-2,5-6,11-17,20H2,(H,32,35). The molecule has 0 saturated carbocycles. The highest BCUT2D eigenvalue weighted by molar-refractivity contribution is 6.31. The van der Waals surface area contributed by atoms with Crippen LogP contribution < -0.4 is 10.1 Å². The SMILES string of the molecule is O=C1NCC2(CCCCCCOc3ccc(Cl)cc31)CCN(C(=O)Cc1c[nH]c3ccccc13)CC2. The molecule has 1 saturated heterocycles. The van der Waals surface area contributed by atoms with Crippen LogP contribution in [0.4, 0.5) is 0 Å². The number of rotatable bonds is 2. The number of carbonyl (C=O) groups excluding carboxylic acids is 2. The van der Waals surface area contributed by atoms with Crippen molar-refractivity contribution in [3.8, 4) is 5.75 Å². The third kappa shape index (κ3) is 5.54. The third-order valence-corrected chi connectivity index (χ3v) is 8.10. The van der Waals surface area contributed by atoms with E-state index in [1.165, 1.54) is 0 Å². The van der Waals surface area contributed by atoms with E-state index in [4.69, 9.17) is 16.3 Å². The molecule has 1 fully saturated rings. The first-order valence-corrected chi connectivity index (χ1v) is 13.4. The fourth-order valence-corrected chi connectivity index (χ4v) is 5.78. The zero-order valence-electron chi connectivity index (χ0n) is 20.7. The van der Waals surface area contributed by atoms with Crippen molar-refractivity contribution >= 4 is 34.3 Å². The molecule has 2 N–H and O–H groups in total. The normalized spacial score (nSPS) is 18.9. The summed E-state index contributed by atoms with van der Waals surface area (Å²) in [5.41, 5.74) is 2.60. The number of amides is 2. The van der Waals surface area contributed by atoms with Gasteiger partial charge in [-0.1, -0.05) is 49.1 Å². The molecule has 3 heterocycles. The Balaban J connectivity index is 1.25. The minimum Gasteiger partial charge on any atom is -0.493 e. The van der Waals surface area contributed by atoms with Gasteiger partial charge in [0.15, 0.2) is 0 Å². The quantitative estimate of drug-likeness (QED) is 0.464. The number of H-pyrrole nitrogens is 1. The molecule has 0 unspecified atom stereocenters. The lowest BCUT2D eigenvalue weighted by molar-refractivity contribution is -0.132. The Labute approximate surface area is 217 Å². The van der Waals surface area contributed by atoms with E-state index in [0.717, 1.165) is 74.5 Å². The average molecular weight is 508 g/mol. The summed E-state index contributed by atoms with van der Waals surface area (Å²) in [5.74, 6) is 0.607. The van der Waals surface area contributed by atoms with E-state index in [0.29, 0.717) is 35.9 Å². The maximum Gasteiger partial charge on any atom is 0.255 e. The van der Waals surface area contributed by atoms with Gasteiger partial charge in [-0.3, -0.25) is 9.59 Å². The molecule has 0 bridgehead atoms. The number of nitrogens with zero attached hydrogens (tertiary/aromatic N) is 1. The van der Waals surface area contributed by atoms with Gasteiger partial charge >= 0.3 is 0 Å². The molecule has 1 aromatic heterocycles. The topological polar surface area (TPSA) is 74.4 Å². The van der Waals surface area contributed by atoms with Crippen LogP contribution in [0.25, 0.3) is 10.9 Å². The second kappa shape index (κ2) is 11.0. The summed E-state index contributed by atoms with van der Waals surface area (Å²) < 4.78 is 5.91. The summed E-state index contributed by atoms with van der Waals surface area (Å²) in [6.07, 6.45) is 9.55. The van der Waals surface area contributed by atoms with Crippen molar-refractivity contribution in [3.63, 3.8) is 0 Å². The van der Waals surface area contributed by atoms with E-state index >= 15 is 0 Å². The molecule has 7 heteroatoms. The lowest BCUT2D eigenvalue weighted by Crippen LogP contribution is -2.48. The van der Waals surface area contributed by atoms with Gasteiger partial charge in [0.2, 0.25) is 5.91 Å². The van der Waals surface area contributed by atoms with Crippen LogP contribution in [0.15, 0.2) is 48.7 Å². The van der Waals surface area contributed by atoms with E-state index < -0.39 is 0 Å². The number of nitrogens with one attached hydrogen (secondary N) is 2. The van der Waals surface area contributed by atoms with Crippen LogP contribution in [0.2, 0.25) is 5.02 Å². The fraction of sp³-hybridized carbons (Fsp3) is 0.448. The average Bonchev–Trinajstić information content (AvgIpc) is 3.30. The number of fused-ring (bicyclic) bond motifs is 2. The van der Waals surface area contributed by atoms with Gasteiger partial charge in [0.1, 0.15) is 5.75 Å². The first-order valence-electron chi connectivity index (χ1n) is 13.1. The maximum atomic E-state index is 13.2. The van der Waals surface area contributed by atoms with E-state index in [9.17, 15) is 9.59 Å². The van der Waals surface area contributed by atoms with E-state index in [-0.39, 0.29) is 17.2 Å². The first kappa shape index (κ1) is 24.7. The lowest BCUT2D eigenvalue weighted by atomic mass is 9.74. The van der Waals surface area contributed by atoms with Gasteiger partial charge in [0, 0.05) is 41.8 Å². The Morgan fingerprint density at radius 3 is 2.69 bits per heavy atom. The molecule has 6 nitrogen and oxygen atoms in total. The molecule has 2 aliphatic rings. The van der Waals surface area contributed by atoms with E-state index in [1.54, 1.807) is 18.2 Å². The molecule has 1 spiro atoms. The molecule has 2 aliphatic heterocycles. The highest BCUT2D eigenvalue weighted by atomic mass is 35.5. The number of aromatic amines is 1. The van der Waals surface area contributed by atoms with Crippen LogP contribution in [0.1, 0.15) is 60.9 Å². The van der Waals surface area contributed by atoms with Crippen molar-refractivity contribution in [2.45, 2.75) is 51.4 Å². The van der Waals surface area contributed by atoms with E-state index in [2.05, 4.69) is 16.4 Å². The van der Waals surface area contributed by atoms with Crippen molar-refractivity contribution in [1.82, 2.24) is 15.2 Å². The Bertz CT molecular complexity index is 1230. The lowest BCUT2D eigenvalue weighted by Gasteiger charge is -2.42. The number of halogens is 1. The smallest absolute Gasteiger partial charge is 0.255 e. The van der Waals surface area contributed by atoms with Crippen molar-refractivity contribution in [2.75, 3.05) is 26.2 Å². The van der Waals surface area contributed by atoms with Crippen LogP contribution in [0, 0.1) is 5.41 Å². The predicted octanol–water partition coefficient (Wildman–Crippen LogP) is 5.75. The number of carbonyl (C=O) groups is 2. The summed E-state index contributed by atoms with van der Waals surface area (Å²) >= 11 is 6.19. The van der Waals surface area contributed by atoms with Crippen molar-refractivity contribution in [3.05, 3.63) is 64.8 Å². The summed E-state index contributed by atoms with van der Waals surface area (Å²) in [7, 11) is 0. The summed E-state index contributed by atoms with van der Waals surface area (Å²) in [5, 5.41) is 4.81. The monoisotopic (exact) mass is 507 g/mol. The molecule has 0 aliphatic carbocycles. The molecule has 5 rings (SSSR count). The fourth-order valence-electron chi connectivity index (χ4n) is 5.60. The largest absolute Gasteiger partial charge is 0.493 e. The number of aromatic nitrogens is 1. The number of likely N-dealkylation sites (tertiary alicyclic amines) is 1. The molecule has 2 aromatic carbocycles. The Kier molecular flexibility index (Phi) is 7.51. The second-order valence-corrected chi connectivity index (χ2v) is 10.7. The van der Waals surface area contributed by atoms with E-state index in [1.807, 2.05) is 29.3 Å². The molecular formula is C29H34ClN3O3. The zero-order chi connectivity index (χ0) is 25.0. The van der Waals surface area contributed by atoms with Crippen molar-refractivity contribution < 1.29 is 14.3 Å². The van der Waals surface area contributed by atoms with Crippen molar-refractivity contribution in [2.24, 2.45) is 5.41 Å². The Hall–Kier alpha value is -2.99. The highest BCUT2D eigenvalue weighted by Crippen LogP contribution is 2.37. The molecule has 36 heavy (non-hydrogen) atoms. The Morgan fingerprint density at radius 1 is 1.03 bits per heavy atom. The molecule has 2 amide bonds. The van der Waals surface area contributed by atoms with Crippen LogP contribution >= 0.6 is 11.6 Å². The third-order valence-electron chi connectivity index (χ3n) is 7.86. The second-order valence-electron chi connectivity index (χ2n) is 10.3. The zero-order valence-corrected chi connectivity index (χ0v) is 21.4. The van der Waals surface area contributed by atoms with Gasteiger partial charge in [0.25, 0.3) is 5.91 Å². The minimum atomic E-state index is -0.149. The molecule has 0 atom stereocenters. The summed E-state index contributed by atoms with van der Waals surface area (Å²) in [6.45, 7) is 2.65. The highest BCUT2D eigenvalue weighted by Gasteiger charge is 2.36. The number of hydrogen-bond acceptors (Lipinski definition) is 3.